The molecule has 3 rings (SSSR count). The zero-order valence-electron chi connectivity index (χ0n) is 17.4. The number of ether oxygens (including phenoxy) is 2. The summed E-state index contributed by atoms with van der Waals surface area (Å²) in [6.45, 7) is 1.39. The Morgan fingerprint density at radius 3 is 2.65 bits per heavy atom. The van der Waals surface area contributed by atoms with Crippen LogP contribution in [0.3, 0.4) is 0 Å². The Bertz CT molecular complexity index is 1040. The molecule has 0 saturated carbocycles. The minimum Gasteiger partial charge on any atom is -0.496 e. The number of sulfonamides is 1. The normalized spacial score (nSPS) is 15.9. The fourth-order valence-corrected chi connectivity index (χ4v) is 4.41. The maximum absolute atomic E-state index is 13.3. The number of para-hydroxylation sites is 1. The molecule has 8 heteroatoms. The number of carbonyl (C=O) groups is 1. The Labute approximate surface area is 183 Å². The Hall–Kier alpha value is -2.86. The molecular weight excluding hydrogens is 416 g/mol. The summed E-state index contributed by atoms with van der Waals surface area (Å²) >= 11 is 0. The van der Waals surface area contributed by atoms with Gasteiger partial charge < -0.3 is 14.4 Å². The molecule has 1 heterocycles. The van der Waals surface area contributed by atoms with Crippen molar-refractivity contribution in [2.75, 3.05) is 26.8 Å². The molecule has 1 unspecified atom stereocenters. The first-order chi connectivity index (χ1) is 14.9. The van der Waals surface area contributed by atoms with E-state index in [9.17, 15) is 13.2 Å². The van der Waals surface area contributed by atoms with Crippen LogP contribution >= 0.6 is 0 Å². The highest BCUT2D eigenvalue weighted by Crippen LogP contribution is 2.23. The van der Waals surface area contributed by atoms with Gasteiger partial charge in [-0.25, -0.2) is 8.42 Å². The number of nitrogens with one attached hydrogen (secondary N) is 1. The average molecular weight is 443 g/mol. The standard InChI is InChI=1S/C23H26N2O5S/c1-3-14-24-31(27,28)21-12-10-18(11-13-21)23(26)25(17-20-8-6-15-30-20)16-19-7-4-5-9-22(19)29-2/h1,4-5,7,9-13,20,24H,6,8,14-17H2,2H3. The van der Waals surface area contributed by atoms with Gasteiger partial charge in [-0.3, -0.25) is 4.79 Å². The van der Waals surface area contributed by atoms with Crippen molar-refractivity contribution in [2.45, 2.75) is 30.4 Å². The number of hydrogen-bond donors (Lipinski definition) is 1. The van der Waals surface area contributed by atoms with Crippen molar-refractivity contribution in [2.24, 2.45) is 0 Å². The molecule has 164 valence electrons. The lowest BCUT2D eigenvalue weighted by Crippen LogP contribution is -2.37. The molecule has 2 aromatic carbocycles. The van der Waals surface area contributed by atoms with Crippen molar-refractivity contribution < 1.29 is 22.7 Å². The second kappa shape index (κ2) is 10.4. The van der Waals surface area contributed by atoms with Crippen LogP contribution in [0.5, 0.6) is 5.75 Å². The van der Waals surface area contributed by atoms with Crippen LogP contribution in [0.2, 0.25) is 0 Å². The summed E-state index contributed by atoms with van der Waals surface area (Å²) in [5, 5.41) is 0. The van der Waals surface area contributed by atoms with Gasteiger partial charge in [0.05, 0.1) is 24.7 Å². The molecule has 0 aromatic heterocycles. The molecule has 1 atom stereocenters. The Kier molecular flexibility index (Phi) is 7.69. The molecule has 0 aliphatic carbocycles. The van der Waals surface area contributed by atoms with Crippen molar-refractivity contribution in [3.63, 3.8) is 0 Å². The van der Waals surface area contributed by atoms with Crippen LogP contribution in [0, 0.1) is 12.3 Å². The van der Waals surface area contributed by atoms with E-state index in [1.807, 2.05) is 24.3 Å². The highest BCUT2D eigenvalue weighted by atomic mass is 32.2. The van der Waals surface area contributed by atoms with E-state index in [1.165, 1.54) is 24.3 Å². The van der Waals surface area contributed by atoms with E-state index in [2.05, 4.69) is 10.6 Å². The Balaban J connectivity index is 1.82. The van der Waals surface area contributed by atoms with E-state index in [1.54, 1.807) is 12.0 Å². The third kappa shape index (κ3) is 5.85. The van der Waals surface area contributed by atoms with Gasteiger partial charge in [0.25, 0.3) is 5.91 Å². The van der Waals surface area contributed by atoms with Gasteiger partial charge in [0.15, 0.2) is 0 Å². The fraction of sp³-hybridized carbons (Fsp3) is 0.348. The smallest absolute Gasteiger partial charge is 0.254 e. The average Bonchev–Trinajstić information content (AvgIpc) is 3.30. The Morgan fingerprint density at radius 2 is 2.00 bits per heavy atom. The lowest BCUT2D eigenvalue weighted by Gasteiger charge is -2.26. The summed E-state index contributed by atoms with van der Waals surface area (Å²) in [5.74, 6) is 2.73. The van der Waals surface area contributed by atoms with Gasteiger partial charge in [-0.15, -0.1) is 6.42 Å². The van der Waals surface area contributed by atoms with E-state index >= 15 is 0 Å². The van der Waals surface area contributed by atoms with Crippen molar-refractivity contribution in [1.82, 2.24) is 9.62 Å². The molecule has 0 bridgehead atoms. The lowest BCUT2D eigenvalue weighted by atomic mass is 10.1. The van der Waals surface area contributed by atoms with Gasteiger partial charge in [-0.05, 0) is 43.2 Å². The quantitative estimate of drug-likeness (QED) is 0.603. The number of carbonyl (C=O) groups excluding carboxylic acids is 1. The van der Waals surface area contributed by atoms with E-state index in [0.29, 0.717) is 31.0 Å². The van der Waals surface area contributed by atoms with E-state index in [4.69, 9.17) is 15.9 Å². The van der Waals surface area contributed by atoms with Gasteiger partial charge in [0.2, 0.25) is 10.0 Å². The van der Waals surface area contributed by atoms with E-state index in [-0.39, 0.29) is 23.5 Å². The monoisotopic (exact) mass is 442 g/mol. The molecule has 31 heavy (non-hydrogen) atoms. The summed E-state index contributed by atoms with van der Waals surface area (Å²) in [6, 6.07) is 13.4. The molecule has 2 aromatic rings. The maximum atomic E-state index is 13.3. The molecule has 0 radical (unpaired) electrons. The van der Waals surface area contributed by atoms with Crippen LogP contribution in [0.1, 0.15) is 28.8 Å². The van der Waals surface area contributed by atoms with Crippen LogP contribution in [0.4, 0.5) is 0 Å². The minimum absolute atomic E-state index is 0.0220. The van der Waals surface area contributed by atoms with Crippen LogP contribution in [-0.4, -0.2) is 52.1 Å². The summed E-state index contributed by atoms with van der Waals surface area (Å²) in [4.78, 5) is 15.1. The number of nitrogens with zero attached hydrogens (tertiary/aromatic N) is 1. The predicted octanol–water partition coefficient (Wildman–Crippen LogP) is 2.43. The van der Waals surface area contributed by atoms with Gasteiger partial charge >= 0.3 is 0 Å². The first-order valence-corrected chi connectivity index (χ1v) is 11.5. The Morgan fingerprint density at radius 1 is 1.26 bits per heavy atom. The van der Waals surface area contributed by atoms with Crippen molar-refractivity contribution in [3.05, 3.63) is 59.7 Å². The van der Waals surface area contributed by atoms with Gasteiger partial charge in [-0.2, -0.15) is 4.72 Å². The molecule has 7 nitrogen and oxygen atoms in total. The van der Waals surface area contributed by atoms with Crippen molar-refractivity contribution >= 4 is 15.9 Å². The third-order valence-corrected chi connectivity index (χ3v) is 6.48. The molecule has 1 N–H and O–H groups in total. The molecule has 1 amide bonds. The second-order valence-corrected chi connectivity index (χ2v) is 8.95. The topological polar surface area (TPSA) is 84.9 Å². The third-order valence-electron chi connectivity index (χ3n) is 5.06. The fourth-order valence-electron chi connectivity index (χ4n) is 3.47. The van der Waals surface area contributed by atoms with Crippen LogP contribution in [0.15, 0.2) is 53.4 Å². The van der Waals surface area contributed by atoms with E-state index < -0.39 is 10.0 Å². The number of amides is 1. The largest absolute Gasteiger partial charge is 0.496 e. The van der Waals surface area contributed by atoms with Gasteiger partial charge in [0.1, 0.15) is 5.75 Å². The number of hydrogen-bond acceptors (Lipinski definition) is 5. The number of methoxy groups -OCH3 is 1. The molecular formula is C23H26N2O5S. The van der Waals surface area contributed by atoms with Crippen LogP contribution < -0.4 is 9.46 Å². The first kappa shape index (κ1) is 22.8. The van der Waals surface area contributed by atoms with E-state index in [0.717, 1.165) is 18.4 Å². The maximum Gasteiger partial charge on any atom is 0.254 e. The second-order valence-electron chi connectivity index (χ2n) is 7.19. The summed E-state index contributed by atoms with van der Waals surface area (Å²) in [6.07, 6.45) is 6.96. The minimum atomic E-state index is -3.72. The molecule has 1 fully saturated rings. The van der Waals surface area contributed by atoms with Crippen molar-refractivity contribution in [1.29, 1.82) is 0 Å². The zero-order chi connectivity index (χ0) is 22.3. The highest BCUT2D eigenvalue weighted by Gasteiger charge is 2.25. The summed E-state index contributed by atoms with van der Waals surface area (Å²) in [7, 11) is -2.12. The first-order valence-electron chi connectivity index (χ1n) is 10.0. The number of terminal acetylenes is 1. The lowest BCUT2D eigenvalue weighted by molar-refractivity contribution is 0.0505. The van der Waals surface area contributed by atoms with Crippen LogP contribution in [-0.2, 0) is 21.3 Å². The molecule has 0 spiro atoms. The zero-order valence-corrected chi connectivity index (χ0v) is 18.2. The van der Waals surface area contributed by atoms with Gasteiger partial charge in [-0.1, -0.05) is 24.1 Å². The number of rotatable bonds is 9. The molecule has 1 saturated heterocycles. The summed E-state index contributed by atoms with van der Waals surface area (Å²) < 4.78 is 37.9. The predicted molar refractivity (Wildman–Crippen MR) is 117 cm³/mol. The highest BCUT2D eigenvalue weighted by molar-refractivity contribution is 7.89. The van der Waals surface area contributed by atoms with Crippen LogP contribution in [0.25, 0.3) is 0 Å². The molecule has 1 aliphatic heterocycles. The number of benzene rings is 2. The summed E-state index contributed by atoms with van der Waals surface area (Å²) in [5.41, 5.74) is 1.28. The SMILES string of the molecule is C#CCNS(=O)(=O)c1ccc(C(=O)N(Cc2ccccc2OC)CC2CCCO2)cc1. The van der Waals surface area contributed by atoms with Gasteiger partial charge in [0, 0.05) is 30.8 Å². The van der Waals surface area contributed by atoms with Crippen molar-refractivity contribution in [3.8, 4) is 18.1 Å². The molecule has 1 aliphatic rings.